The molecule has 4 nitrogen and oxygen atoms in total. The van der Waals surface area contributed by atoms with Crippen molar-refractivity contribution in [2.24, 2.45) is 0 Å². The molecule has 0 saturated heterocycles. The van der Waals surface area contributed by atoms with Crippen molar-refractivity contribution in [2.75, 3.05) is 0 Å². The Morgan fingerprint density at radius 1 is 0.561 bits per heavy atom. The number of carbonyl (C=O) groups is 2. The number of unbranched alkanes of at least 4 members (excludes halogenated alkanes) is 16. The lowest BCUT2D eigenvalue weighted by molar-refractivity contribution is -0.150. The third-order valence-corrected chi connectivity index (χ3v) is 7.63. The van der Waals surface area contributed by atoms with E-state index in [1.165, 1.54) is 77.0 Å². The van der Waals surface area contributed by atoms with E-state index < -0.39 is 5.97 Å². The number of ether oxygens (including phenoxy) is 1. The number of hydrogen-bond acceptors (Lipinski definition) is 3. The molecule has 0 heterocycles. The van der Waals surface area contributed by atoms with Gasteiger partial charge in [0.2, 0.25) is 0 Å². The molecule has 0 spiro atoms. The summed E-state index contributed by atoms with van der Waals surface area (Å²) >= 11 is 0. The minimum absolute atomic E-state index is 0.00276. The molecule has 0 aromatic carbocycles. The molecule has 1 atom stereocenters. The molecule has 0 amide bonds. The molecular formula is C37H66O4. The lowest BCUT2D eigenvalue weighted by atomic mass is 10.0. The summed E-state index contributed by atoms with van der Waals surface area (Å²) in [5, 5.41) is 8.71. The Balaban J connectivity index is 3.83. The molecule has 1 unspecified atom stereocenters. The fourth-order valence-electron chi connectivity index (χ4n) is 5.08. The maximum Gasteiger partial charge on any atom is 0.306 e. The molecule has 0 radical (unpaired) electrons. The Morgan fingerprint density at radius 3 is 1.59 bits per heavy atom. The van der Waals surface area contributed by atoms with Crippen LogP contribution in [0, 0.1) is 0 Å². The van der Waals surface area contributed by atoms with Crippen LogP contribution in [-0.2, 0) is 14.3 Å². The summed E-state index contributed by atoms with van der Waals surface area (Å²) < 4.78 is 5.93. The van der Waals surface area contributed by atoms with Gasteiger partial charge >= 0.3 is 11.9 Å². The van der Waals surface area contributed by atoms with Crippen LogP contribution >= 0.6 is 0 Å². The molecule has 0 fully saturated rings. The highest BCUT2D eigenvalue weighted by Gasteiger charge is 2.14. The number of esters is 1. The zero-order valence-corrected chi connectivity index (χ0v) is 27.1. The first kappa shape index (κ1) is 39.2. The summed E-state index contributed by atoms with van der Waals surface area (Å²) in [6.07, 6.45) is 41.7. The van der Waals surface area contributed by atoms with Crippen molar-refractivity contribution in [1.29, 1.82) is 0 Å². The fourth-order valence-corrected chi connectivity index (χ4v) is 5.08. The van der Waals surface area contributed by atoms with Crippen molar-refractivity contribution in [3.05, 3.63) is 36.5 Å². The second-order valence-electron chi connectivity index (χ2n) is 11.7. The molecule has 0 saturated carbocycles. The van der Waals surface area contributed by atoms with Gasteiger partial charge in [-0.25, -0.2) is 0 Å². The number of rotatable bonds is 31. The van der Waals surface area contributed by atoms with Crippen LogP contribution in [0.1, 0.15) is 181 Å². The fraction of sp³-hybridized carbons (Fsp3) is 0.784. The van der Waals surface area contributed by atoms with Crippen molar-refractivity contribution in [2.45, 2.75) is 187 Å². The number of hydrogen-bond donors (Lipinski definition) is 1. The van der Waals surface area contributed by atoms with Crippen LogP contribution in [0.4, 0.5) is 0 Å². The minimum atomic E-state index is -0.690. The molecule has 0 aliphatic heterocycles. The van der Waals surface area contributed by atoms with E-state index in [0.717, 1.165) is 77.0 Å². The highest BCUT2D eigenvalue weighted by molar-refractivity contribution is 5.69. The van der Waals surface area contributed by atoms with Gasteiger partial charge in [-0.3, -0.25) is 9.59 Å². The van der Waals surface area contributed by atoms with Crippen LogP contribution in [0.15, 0.2) is 36.5 Å². The summed E-state index contributed by atoms with van der Waals surface area (Å²) in [6.45, 7) is 4.39. The zero-order chi connectivity index (χ0) is 30.1. The summed E-state index contributed by atoms with van der Waals surface area (Å²) in [5.74, 6) is -0.687. The second-order valence-corrected chi connectivity index (χ2v) is 11.7. The van der Waals surface area contributed by atoms with Crippen LogP contribution in [0.3, 0.4) is 0 Å². The number of carbonyl (C=O) groups excluding carboxylic acids is 1. The summed E-state index contributed by atoms with van der Waals surface area (Å²) in [6, 6.07) is 0. The van der Waals surface area contributed by atoms with E-state index >= 15 is 0 Å². The first-order chi connectivity index (χ1) is 20.1. The van der Waals surface area contributed by atoms with Crippen molar-refractivity contribution >= 4 is 11.9 Å². The van der Waals surface area contributed by atoms with Crippen LogP contribution in [0.5, 0.6) is 0 Å². The normalized spacial score (nSPS) is 12.6. The van der Waals surface area contributed by atoms with E-state index in [1.54, 1.807) is 0 Å². The van der Waals surface area contributed by atoms with Crippen molar-refractivity contribution in [3.63, 3.8) is 0 Å². The van der Waals surface area contributed by atoms with Crippen molar-refractivity contribution in [1.82, 2.24) is 0 Å². The summed E-state index contributed by atoms with van der Waals surface area (Å²) in [5.41, 5.74) is 0. The topological polar surface area (TPSA) is 63.6 Å². The van der Waals surface area contributed by atoms with Crippen LogP contribution < -0.4 is 0 Å². The van der Waals surface area contributed by atoms with Gasteiger partial charge in [0.1, 0.15) is 6.10 Å². The monoisotopic (exact) mass is 574 g/mol. The number of allylic oxidation sites excluding steroid dienone is 6. The van der Waals surface area contributed by atoms with Gasteiger partial charge in [-0.15, -0.1) is 0 Å². The summed E-state index contributed by atoms with van der Waals surface area (Å²) in [7, 11) is 0. The van der Waals surface area contributed by atoms with Crippen LogP contribution in [0.25, 0.3) is 0 Å². The quantitative estimate of drug-likeness (QED) is 0.0508. The van der Waals surface area contributed by atoms with Gasteiger partial charge in [-0.1, -0.05) is 134 Å². The molecule has 41 heavy (non-hydrogen) atoms. The molecule has 0 rings (SSSR count). The molecule has 4 heteroatoms. The number of carboxylic acid groups (broad SMARTS) is 1. The molecule has 1 N–H and O–H groups in total. The Kier molecular flexibility index (Phi) is 31.2. The van der Waals surface area contributed by atoms with Gasteiger partial charge in [0.15, 0.2) is 0 Å². The van der Waals surface area contributed by atoms with Crippen molar-refractivity contribution < 1.29 is 19.4 Å². The zero-order valence-electron chi connectivity index (χ0n) is 27.1. The lowest BCUT2D eigenvalue weighted by Gasteiger charge is -2.18. The Bertz CT molecular complexity index is 664. The average Bonchev–Trinajstić information content (AvgIpc) is 2.95. The van der Waals surface area contributed by atoms with E-state index in [-0.39, 0.29) is 12.1 Å². The van der Waals surface area contributed by atoms with E-state index in [1.807, 2.05) is 0 Å². The maximum atomic E-state index is 12.5. The van der Waals surface area contributed by atoms with Crippen LogP contribution in [0.2, 0.25) is 0 Å². The summed E-state index contributed by atoms with van der Waals surface area (Å²) in [4.78, 5) is 23.1. The Hall–Kier alpha value is -1.84. The lowest BCUT2D eigenvalue weighted by Crippen LogP contribution is -2.18. The SMILES string of the molecule is CC/C=C\C/C=C\C/C=C\CCCCCCCCCC(=O)OC(CCCCCC)CCCCCCCCCC(=O)O. The van der Waals surface area contributed by atoms with E-state index in [0.29, 0.717) is 12.8 Å². The number of carboxylic acids is 1. The highest BCUT2D eigenvalue weighted by atomic mass is 16.5. The highest BCUT2D eigenvalue weighted by Crippen LogP contribution is 2.18. The van der Waals surface area contributed by atoms with Gasteiger partial charge < -0.3 is 9.84 Å². The molecule has 0 bridgehead atoms. The molecular weight excluding hydrogens is 508 g/mol. The molecule has 0 aliphatic carbocycles. The minimum Gasteiger partial charge on any atom is -0.481 e. The molecule has 238 valence electrons. The van der Waals surface area contributed by atoms with E-state index in [9.17, 15) is 9.59 Å². The third-order valence-electron chi connectivity index (χ3n) is 7.63. The predicted octanol–water partition coefficient (Wildman–Crippen LogP) is 11.8. The third kappa shape index (κ3) is 32.5. The largest absolute Gasteiger partial charge is 0.481 e. The smallest absolute Gasteiger partial charge is 0.306 e. The average molecular weight is 575 g/mol. The molecule has 0 aromatic rings. The second kappa shape index (κ2) is 32.7. The van der Waals surface area contributed by atoms with Crippen molar-refractivity contribution in [3.8, 4) is 0 Å². The first-order valence-corrected chi connectivity index (χ1v) is 17.5. The van der Waals surface area contributed by atoms with Gasteiger partial charge in [0.05, 0.1) is 0 Å². The maximum absolute atomic E-state index is 12.5. The Labute approximate surface area is 254 Å². The van der Waals surface area contributed by atoms with E-state index in [4.69, 9.17) is 9.84 Å². The Morgan fingerprint density at radius 2 is 1.02 bits per heavy atom. The standard InChI is InChI=1S/C37H66O4/c1-3-5-7-9-10-11-12-13-14-15-16-17-18-19-23-26-30-34-37(40)41-35(31-27-8-6-4-2)32-28-24-21-20-22-25-29-33-36(38)39/h5,7,10-11,13-14,35H,3-4,6,8-9,12,15-34H2,1-2H3,(H,38,39)/b7-5-,11-10-,14-13-. The van der Waals surface area contributed by atoms with Gasteiger partial charge in [-0.2, -0.15) is 0 Å². The first-order valence-electron chi connectivity index (χ1n) is 17.5. The van der Waals surface area contributed by atoms with Gasteiger partial charge in [0, 0.05) is 12.8 Å². The van der Waals surface area contributed by atoms with Crippen LogP contribution in [-0.4, -0.2) is 23.1 Å². The molecule has 0 aromatic heterocycles. The van der Waals surface area contributed by atoms with Gasteiger partial charge in [-0.05, 0) is 70.6 Å². The van der Waals surface area contributed by atoms with E-state index in [2.05, 4.69) is 50.3 Å². The van der Waals surface area contributed by atoms with Gasteiger partial charge in [0.25, 0.3) is 0 Å². The predicted molar refractivity (Wildman–Crippen MR) is 176 cm³/mol. The number of aliphatic carboxylic acids is 1. The molecule has 0 aliphatic rings.